The van der Waals surface area contributed by atoms with Gasteiger partial charge < -0.3 is 8.80 Å². The summed E-state index contributed by atoms with van der Waals surface area (Å²) in [6.45, 7) is 0. The van der Waals surface area contributed by atoms with Crippen molar-refractivity contribution < 1.29 is 0 Å². The van der Waals surface area contributed by atoms with Crippen molar-refractivity contribution in [2.24, 2.45) is 0 Å². The van der Waals surface area contributed by atoms with Crippen LogP contribution in [0.15, 0.2) is 347 Å². The number of aromatic nitrogens is 48. The quantitative estimate of drug-likeness (QED) is 0.207. The van der Waals surface area contributed by atoms with Gasteiger partial charge in [0.1, 0.15) is 74.4 Å². The van der Waals surface area contributed by atoms with Crippen LogP contribution >= 0.6 is 0 Å². The normalized spacial score (nSPS) is 10.2. The Morgan fingerprint density at radius 1 is 0.188 bits per heavy atom. The molecule has 0 saturated carbocycles. The van der Waals surface area contributed by atoms with Gasteiger partial charge in [-0.1, -0.05) is 10.4 Å². The Morgan fingerprint density at radius 3 is 1.60 bits per heavy atom. The first-order chi connectivity index (χ1) is 58.1. The minimum Gasteiger partial charge on any atom is -0.305 e. The van der Waals surface area contributed by atoms with Gasteiger partial charge in [-0.15, -0.1) is 45.9 Å². The van der Waals surface area contributed by atoms with E-state index in [1.165, 1.54) is 19.0 Å². The number of rotatable bonds is 0. The summed E-state index contributed by atoms with van der Waals surface area (Å²) >= 11 is 0. The maximum atomic E-state index is 4.04. The molecule has 26 rings (SSSR count). The van der Waals surface area contributed by atoms with Gasteiger partial charge >= 0.3 is 0 Å². The predicted octanol–water partition coefficient (Wildman–Crippen LogP) is 4.04. The summed E-state index contributed by atoms with van der Waals surface area (Å²) in [5, 5.41) is 67.5. The minimum absolute atomic E-state index is 0.637. The van der Waals surface area contributed by atoms with Gasteiger partial charge in [0, 0.05) is 149 Å². The van der Waals surface area contributed by atoms with Crippen molar-refractivity contribution in [3.05, 3.63) is 347 Å². The van der Waals surface area contributed by atoms with Crippen molar-refractivity contribution >= 4 is 73.5 Å². The molecule has 572 valence electrons. The molecule has 0 bridgehead atoms. The van der Waals surface area contributed by atoms with Crippen LogP contribution in [0.5, 0.6) is 0 Å². The van der Waals surface area contributed by atoms with Gasteiger partial charge in [-0.2, -0.15) is 35.7 Å². The fraction of sp³-hybridized carbons (Fsp3) is 0. The molecule has 0 N–H and O–H groups in total. The molecule has 0 aromatic carbocycles. The van der Waals surface area contributed by atoms with Crippen LogP contribution in [0.3, 0.4) is 0 Å². The maximum Gasteiger partial charge on any atom is 0.254 e. The predicted molar refractivity (Wildman–Crippen MR) is 409 cm³/mol. The Kier molecular flexibility index (Phi) is 25.7. The third-order valence-corrected chi connectivity index (χ3v) is 14.6. The molecule has 0 aliphatic rings. The summed E-state index contributed by atoms with van der Waals surface area (Å²) in [5.41, 5.74) is 8.08. The second-order valence-corrected chi connectivity index (χ2v) is 22.0. The zero-order valence-corrected chi connectivity index (χ0v) is 60.3. The molecule has 48 nitrogen and oxygen atoms in total. The Morgan fingerprint density at radius 2 is 0.786 bits per heavy atom. The Bertz CT molecular complexity index is 5260. The molecule has 26 aromatic rings. The van der Waals surface area contributed by atoms with E-state index in [1.54, 1.807) is 269 Å². The molecule has 0 atom stereocenters. The van der Waals surface area contributed by atoms with E-state index in [0.717, 1.165) is 50.4 Å². The van der Waals surface area contributed by atoms with Gasteiger partial charge in [-0.3, -0.25) is 27.0 Å². The molecule has 26 heterocycles. The average molecular weight is 1560 g/mol. The van der Waals surface area contributed by atoms with Gasteiger partial charge in [-0.05, 0) is 54.6 Å². The van der Waals surface area contributed by atoms with Crippen molar-refractivity contribution in [2.75, 3.05) is 0 Å². The number of nitrogens with zero attached hydrogens (tertiary/aromatic N) is 48. The van der Waals surface area contributed by atoms with E-state index in [0.29, 0.717) is 23.1 Å². The van der Waals surface area contributed by atoms with Crippen LogP contribution in [0.4, 0.5) is 0 Å². The topological polar surface area (TPSA) is 508 Å². The number of hydrogen-bond donors (Lipinski definition) is 0. The number of hydrogen-bond acceptors (Lipinski definition) is 35. The van der Waals surface area contributed by atoms with E-state index in [4.69, 9.17) is 0 Å². The molecule has 48 heteroatoms. The second-order valence-electron chi connectivity index (χ2n) is 22.0. The highest BCUT2D eigenvalue weighted by atomic mass is 15.4. The van der Waals surface area contributed by atoms with Crippen LogP contribution in [0.2, 0.25) is 0 Å². The van der Waals surface area contributed by atoms with Gasteiger partial charge in [-0.25, -0.2) is 107 Å². The van der Waals surface area contributed by atoms with Gasteiger partial charge in [0.05, 0.1) is 91.6 Å². The Labute approximate surface area is 652 Å². The summed E-state index contributed by atoms with van der Waals surface area (Å²) in [5.74, 6) is 2.59. The summed E-state index contributed by atoms with van der Waals surface area (Å²) in [4.78, 5) is 66.5. The Hall–Kier alpha value is -18.6. The SMILES string of the molecule is c1cc2ccnnn2c1.c1cc2cnncn2c1.c1cc2nccn2cn1.c1cc2nccn2nn1.c1cn2ccnc2cn1.c1cn2ccnc2nn1.c1cn2cncnc2n1.c1cn2cnncc2n1.c1cn2ncncc2n1.c1cnc2nncn2c1.c1cnn2ccnc2n1.c1cnn2cnnc2c1.c1ncc2cncn2n1. The number of fused-ring (bicyclic) bond motifs is 13. The van der Waals surface area contributed by atoms with E-state index in [-0.39, 0.29) is 0 Å². The largest absolute Gasteiger partial charge is 0.305 e. The second kappa shape index (κ2) is 40.0. The van der Waals surface area contributed by atoms with Crippen LogP contribution in [0.25, 0.3) is 73.5 Å². The number of imidazole rings is 9. The first-order valence-corrected chi connectivity index (χ1v) is 33.9. The molecule has 26 aromatic heterocycles. The summed E-state index contributed by atoms with van der Waals surface area (Å²) in [7, 11) is 0. The molecule has 0 saturated heterocycles. The van der Waals surface area contributed by atoms with Crippen molar-refractivity contribution in [1.82, 2.24) is 235 Å². The summed E-state index contributed by atoms with van der Waals surface area (Å²) in [6, 6.07) is 18.9. The Balaban J connectivity index is 0.000000104. The van der Waals surface area contributed by atoms with E-state index in [2.05, 4.69) is 177 Å². The highest BCUT2D eigenvalue weighted by molar-refractivity contribution is 5.45. The molecular weight excluding hydrogens is 1500 g/mol. The molecule has 0 aliphatic carbocycles. The lowest BCUT2D eigenvalue weighted by atomic mass is 10.5. The van der Waals surface area contributed by atoms with Crippen molar-refractivity contribution in [3.63, 3.8) is 0 Å². The third-order valence-electron chi connectivity index (χ3n) is 14.6. The molecule has 0 aliphatic heterocycles. The smallest absolute Gasteiger partial charge is 0.254 e. The van der Waals surface area contributed by atoms with E-state index in [1.807, 2.05) is 117 Å². The standard InChI is InChI=1S/4C6H5N3.9C5H4N4/c1-3-9-4-2-8-6(9)5-7-1;1-2-7-5-9-4-3-8-6(1)9;1-2-6-3-4-7-8-9(6)5-1;1-2-6-4-7-8-5-9(6)3-1;1-5-2-7-4-9(5)8-3-6-1;1-3-9-4-2-7-8-5(9)6-1;1-2-9-4-6-3-8-5(9)7-1;1-2-9-5(7-1)3-6-4-8-9;1-2-9-4-8-7-3-5(9)6-1;1-2-8-9-4-3-7-5(9)6-1;1-2-7-8-9-4-3-6-5(1)9;1-2-6-5-8-7-4-9(5)3-1;1-2-5-8-6-4-9(5)7-3-1/h4*1-5H;9*1-4H. The van der Waals surface area contributed by atoms with E-state index >= 15 is 0 Å². The molecular formula is C69H56N48. The third kappa shape index (κ3) is 21.7. The van der Waals surface area contributed by atoms with Gasteiger partial charge in [0.25, 0.3) is 17.3 Å². The lowest BCUT2D eigenvalue weighted by Crippen LogP contribution is -1.90. The minimum atomic E-state index is 0.637. The molecule has 0 fully saturated rings. The molecule has 0 spiro atoms. The maximum absolute atomic E-state index is 4.04. The van der Waals surface area contributed by atoms with E-state index in [9.17, 15) is 0 Å². The lowest BCUT2D eigenvalue weighted by Gasteiger charge is -1.86. The van der Waals surface area contributed by atoms with Gasteiger partial charge in [0.2, 0.25) is 5.78 Å². The summed E-state index contributed by atoms with van der Waals surface area (Å²) in [6.07, 6.45) is 78.4. The molecule has 0 amide bonds. The fourth-order valence-electron chi connectivity index (χ4n) is 9.28. The first kappa shape index (κ1) is 75.3. The molecule has 117 heavy (non-hydrogen) atoms. The van der Waals surface area contributed by atoms with Crippen molar-refractivity contribution in [3.8, 4) is 0 Å². The van der Waals surface area contributed by atoms with Crippen LogP contribution in [0, 0.1) is 0 Å². The van der Waals surface area contributed by atoms with Crippen LogP contribution in [-0.4, -0.2) is 235 Å². The summed E-state index contributed by atoms with van der Waals surface area (Å²) < 4.78 is 22.7. The average Bonchev–Trinajstić information content (AvgIpc) is 1.93. The first-order valence-electron chi connectivity index (χ1n) is 33.9. The highest BCUT2D eigenvalue weighted by Gasteiger charge is 1.97. The molecule has 0 radical (unpaired) electrons. The van der Waals surface area contributed by atoms with Crippen LogP contribution in [0.1, 0.15) is 0 Å². The van der Waals surface area contributed by atoms with E-state index < -0.39 is 0 Å². The van der Waals surface area contributed by atoms with Gasteiger partial charge in [0.15, 0.2) is 28.2 Å². The lowest BCUT2D eigenvalue weighted by molar-refractivity contribution is 0.807. The van der Waals surface area contributed by atoms with Crippen molar-refractivity contribution in [2.45, 2.75) is 0 Å². The monoisotopic (exact) mass is 1560 g/mol. The zero-order chi connectivity index (χ0) is 79.4. The highest BCUT2D eigenvalue weighted by Crippen LogP contribution is 2.02. The van der Waals surface area contributed by atoms with Crippen molar-refractivity contribution in [1.29, 1.82) is 0 Å². The molecule has 0 unspecified atom stereocenters. The van der Waals surface area contributed by atoms with Crippen LogP contribution in [-0.2, 0) is 0 Å². The van der Waals surface area contributed by atoms with Crippen LogP contribution < -0.4 is 0 Å². The fourth-order valence-corrected chi connectivity index (χ4v) is 9.28. The zero-order valence-electron chi connectivity index (χ0n) is 60.3.